The molecule has 1 aliphatic heterocycles. The van der Waals surface area contributed by atoms with Gasteiger partial charge in [0, 0.05) is 11.9 Å². The highest BCUT2D eigenvalue weighted by Crippen LogP contribution is 2.14. The van der Waals surface area contributed by atoms with E-state index < -0.39 is 0 Å². The number of hydrogen-bond acceptors (Lipinski definition) is 1. The van der Waals surface area contributed by atoms with Crippen molar-refractivity contribution in [3.63, 3.8) is 0 Å². The predicted molar refractivity (Wildman–Crippen MR) is 40.7 cm³/mol. The number of allylic oxidation sites excluding steroid dienone is 1. The molecule has 0 bridgehead atoms. The third-order valence-corrected chi connectivity index (χ3v) is 1.73. The fourth-order valence-electron chi connectivity index (χ4n) is 0.940. The summed E-state index contributed by atoms with van der Waals surface area (Å²) in [6, 6.07) is 0. The van der Waals surface area contributed by atoms with Crippen LogP contribution in [0.15, 0.2) is 16.8 Å². The molecule has 1 aliphatic rings. The maximum absolute atomic E-state index is 4.24. The Hall–Kier alpha value is -0.590. The monoisotopic (exact) mass is 123 g/mol. The first-order chi connectivity index (χ1) is 4.33. The van der Waals surface area contributed by atoms with Crippen LogP contribution in [0.5, 0.6) is 0 Å². The Morgan fingerprint density at radius 3 is 2.78 bits per heavy atom. The summed E-state index contributed by atoms with van der Waals surface area (Å²) < 4.78 is 0. The molecule has 0 aromatic rings. The van der Waals surface area contributed by atoms with Crippen LogP contribution in [0.4, 0.5) is 0 Å². The largest absolute Gasteiger partial charge is 0.266 e. The number of hydrogen-bond donors (Lipinski definition) is 0. The van der Waals surface area contributed by atoms with E-state index in [1.807, 2.05) is 6.20 Å². The van der Waals surface area contributed by atoms with E-state index >= 15 is 0 Å². The van der Waals surface area contributed by atoms with Crippen LogP contribution in [-0.4, -0.2) is 5.71 Å². The molecule has 0 atom stereocenters. The summed E-state index contributed by atoms with van der Waals surface area (Å²) in [6.07, 6.45) is 5.57. The molecule has 0 amide bonds. The molecule has 0 radical (unpaired) electrons. The fourth-order valence-corrected chi connectivity index (χ4v) is 0.940. The molecule has 0 fully saturated rings. The van der Waals surface area contributed by atoms with Crippen molar-refractivity contribution in [1.29, 1.82) is 0 Å². The van der Waals surface area contributed by atoms with Gasteiger partial charge in [0.15, 0.2) is 0 Å². The van der Waals surface area contributed by atoms with Crippen molar-refractivity contribution < 1.29 is 0 Å². The first kappa shape index (κ1) is 6.53. The standard InChI is InChI=1S/C8H13N/c1-3-8-5-4-7(2)9-6-8/h6H,3-5H2,1-2H3. The molecule has 0 spiro atoms. The van der Waals surface area contributed by atoms with Crippen LogP contribution in [0.25, 0.3) is 0 Å². The lowest BCUT2D eigenvalue weighted by Gasteiger charge is -2.07. The van der Waals surface area contributed by atoms with Crippen molar-refractivity contribution >= 4 is 5.71 Å². The van der Waals surface area contributed by atoms with Gasteiger partial charge in [0.05, 0.1) is 0 Å². The van der Waals surface area contributed by atoms with Gasteiger partial charge in [0.25, 0.3) is 0 Å². The second kappa shape index (κ2) is 2.81. The predicted octanol–water partition coefficient (Wildman–Crippen LogP) is 2.54. The van der Waals surface area contributed by atoms with Gasteiger partial charge in [-0.05, 0) is 26.2 Å². The van der Waals surface area contributed by atoms with E-state index in [4.69, 9.17) is 0 Å². The highest BCUT2D eigenvalue weighted by molar-refractivity contribution is 5.83. The van der Waals surface area contributed by atoms with Gasteiger partial charge in [-0.2, -0.15) is 0 Å². The third kappa shape index (κ3) is 1.67. The van der Waals surface area contributed by atoms with E-state index in [-0.39, 0.29) is 0 Å². The van der Waals surface area contributed by atoms with Crippen molar-refractivity contribution in [2.45, 2.75) is 33.1 Å². The quantitative estimate of drug-likeness (QED) is 0.508. The molecule has 1 heteroatoms. The number of rotatable bonds is 1. The molecule has 0 N–H and O–H groups in total. The molecule has 1 heterocycles. The van der Waals surface area contributed by atoms with Crippen LogP contribution in [-0.2, 0) is 0 Å². The van der Waals surface area contributed by atoms with Crippen molar-refractivity contribution in [3.8, 4) is 0 Å². The molecule has 9 heavy (non-hydrogen) atoms. The third-order valence-electron chi connectivity index (χ3n) is 1.73. The van der Waals surface area contributed by atoms with Crippen molar-refractivity contribution in [1.82, 2.24) is 0 Å². The number of aliphatic imine (C=N–C) groups is 1. The lowest BCUT2D eigenvalue weighted by atomic mass is 10.1. The van der Waals surface area contributed by atoms with E-state index in [1.165, 1.54) is 24.1 Å². The van der Waals surface area contributed by atoms with Gasteiger partial charge in [-0.15, -0.1) is 0 Å². The average molecular weight is 123 g/mol. The second-order valence-corrected chi connectivity index (χ2v) is 2.51. The molecular formula is C8H13N. The smallest absolute Gasteiger partial charge is 0.0259 e. The zero-order valence-corrected chi connectivity index (χ0v) is 6.15. The van der Waals surface area contributed by atoms with E-state index in [0.29, 0.717) is 0 Å². The Morgan fingerprint density at radius 2 is 2.33 bits per heavy atom. The summed E-state index contributed by atoms with van der Waals surface area (Å²) in [4.78, 5) is 4.24. The maximum Gasteiger partial charge on any atom is 0.0259 e. The average Bonchev–Trinajstić information content (AvgIpc) is 1.90. The van der Waals surface area contributed by atoms with Crippen LogP contribution in [0.2, 0.25) is 0 Å². The van der Waals surface area contributed by atoms with Crippen molar-refractivity contribution in [3.05, 3.63) is 11.8 Å². The van der Waals surface area contributed by atoms with Gasteiger partial charge < -0.3 is 0 Å². The van der Waals surface area contributed by atoms with Crippen LogP contribution in [0.3, 0.4) is 0 Å². The van der Waals surface area contributed by atoms with E-state index in [1.54, 1.807) is 0 Å². The molecule has 0 aromatic heterocycles. The first-order valence-corrected chi connectivity index (χ1v) is 3.54. The van der Waals surface area contributed by atoms with Crippen molar-refractivity contribution in [2.24, 2.45) is 4.99 Å². The van der Waals surface area contributed by atoms with Crippen LogP contribution < -0.4 is 0 Å². The molecule has 0 aliphatic carbocycles. The Bertz CT molecular complexity index is 154. The van der Waals surface area contributed by atoms with Gasteiger partial charge >= 0.3 is 0 Å². The highest BCUT2D eigenvalue weighted by Gasteiger charge is 2.00. The van der Waals surface area contributed by atoms with Crippen LogP contribution >= 0.6 is 0 Å². The maximum atomic E-state index is 4.24. The molecule has 1 rings (SSSR count). The second-order valence-electron chi connectivity index (χ2n) is 2.51. The normalized spacial score (nSPS) is 18.9. The molecule has 0 unspecified atom stereocenters. The summed E-state index contributed by atoms with van der Waals surface area (Å²) in [5.41, 5.74) is 2.76. The fraction of sp³-hybridized carbons (Fsp3) is 0.625. The molecule has 0 saturated carbocycles. The van der Waals surface area contributed by atoms with E-state index in [2.05, 4.69) is 18.8 Å². The SMILES string of the molecule is CCC1=CN=C(C)CC1. The van der Waals surface area contributed by atoms with Crippen LogP contribution in [0, 0.1) is 0 Å². The van der Waals surface area contributed by atoms with E-state index in [9.17, 15) is 0 Å². The summed E-state index contributed by atoms with van der Waals surface area (Å²) in [6.45, 7) is 4.27. The van der Waals surface area contributed by atoms with E-state index in [0.717, 1.165) is 6.42 Å². The minimum Gasteiger partial charge on any atom is -0.266 e. The minimum absolute atomic E-state index is 1.16. The van der Waals surface area contributed by atoms with Gasteiger partial charge in [-0.25, -0.2) is 0 Å². The molecule has 0 aromatic carbocycles. The molecule has 50 valence electrons. The topological polar surface area (TPSA) is 12.4 Å². The lowest BCUT2D eigenvalue weighted by Crippen LogP contribution is -1.97. The van der Waals surface area contributed by atoms with Gasteiger partial charge in [-0.3, -0.25) is 4.99 Å². The molecule has 1 nitrogen and oxygen atoms in total. The summed E-state index contributed by atoms with van der Waals surface area (Å²) in [5.74, 6) is 0. The summed E-state index contributed by atoms with van der Waals surface area (Å²) in [7, 11) is 0. The zero-order chi connectivity index (χ0) is 6.69. The molecular weight excluding hydrogens is 110 g/mol. The van der Waals surface area contributed by atoms with Crippen molar-refractivity contribution in [2.75, 3.05) is 0 Å². The highest BCUT2D eigenvalue weighted by atomic mass is 14.7. The van der Waals surface area contributed by atoms with Crippen LogP contribution in [0.1, 0.15) is 33.1 Å². The van der Waals surface area contributed by atoms with Gasteiger partial charge in [-0.1, -0.05) is 12.5 Å². The Kier molecular flexibility index (Phi) is 2.04. The van der Waals surface area contributed by atoms with Gasteiger partial charge in [0.2, 0.25) is 0 Å². The first-order valence-electron chi connectivity index (χ1n) is 3.54. The Labute approximate surface area is 56.5 Å². The van der Waals surface area contributed by atoms with Gasteiger partial charge in [0.1, 0.15) is 0 Å². The Morgan fingerprint density at radius 1 is 1.56 bits per heavy atom. The molecule has 0 saturated heterocycles. The Balaban J connectivity index is 2.59. The minimum atomic E-state index is 1.16. The number of nitrogens with zero attached hydrogens (tertiary/aromatic N) is 1. The summed E-state index contributed by atoms with van der Waals surface area (Å²) in [5, 5.41) is 0. The zero-order valence-electron chi connectivity index (χ0n) is 6.15. The lowest BCUT2D eigenvalue weighted by molar-refractivity contribution is 0.900. The summed E-state index contributed by atoms with van der Waals surface area (Å²) >= 11 is 0.